The van der Waals surface area contributed by atoms with Gasteiger partial charge in [0.05, 0.1) is 0 Å². The molecule has 0 saturated carbocycles. The first-order chi connectivity index (χ1) is 6.45. The topological polar surface area (TPSA) is 0 Å². The largest absolute Gasteiger partial charge is 0.0885 e. The Morgan fingerprint density at radius 1 is 0.769 bits per heavy atom. The van der Waals surface area contributed by atoms with E-state index in [4.69, 9.17) is 0 Å². The van der Waals surface area contributed by atoms with Gasteiger partial charge in [-0.15, -0.1) is 0 Å². The van der Waals surface area contributed by atoms with Crippen molar-refractivity contribution in [2.45, 2.75) is 44.9 Å². The fraction of sp³-hybridized carbons (Fsp3) is 0.692. The van der Waals surface area contributed by atoms with E-state index in [0.29, 0.717) is 0 Å². The number of hydrogen-bond acceptors (Lipinski definition) is 0. The van der Waals surface area contributed by atoms with Gasteiger partial charge in [-0.1, -0.05) is 24.3 Å². The first-order valence-corrected chi connectivity index (χ1v) is 5.78. The van der Waals surface area contributed by atoms with Gasteiger partial charge in [-0.2, -0.15) is 0 Å². The zero-order valence-electron chi connectivity index (χ0n) is 8.41. The second-order valence-corrected chi connectivity index (χ2v) is 4.47. The molecule has 0 fully saturated rings. The summed E-state index contributed by atoms with van der Waals surface area (Å²) in [7, 11) is 0. The van der Waals surface area contributed by atoms with Crippen LogP contribution in [-0.4, -0.2) is 0 Å². The van der Waals surface area contributed by atoms with E-state index in [9.17, 15) is 0 Å². The molecular weight excluding hydrogens is 156 g/mol. The minimum Gasteiger partial charge on any atom is -0.0885 e. The Morgan fingerprint density at radius 3 is 1.85 bits per heavy atom. The third kappa shape index (κ3) is 2.72. The maximum atomic E-state index is 2.47. The molecule has 72 valence electrons. The fourth-order valence-electron chi connectivity index (χ4n) is 2.52. The van der Waals surface area contributed by atoms with Crippen molar-refractivity contribution in [2.75, 3.05) is 0 Å². The highest BCUT2D eigenvalue weighted by Crippen LogP contribution is 2.31. The molecule has 2 atom stereocenters. The molecule has 0 saturated heterocycles. The lowest BCUT2D eigenvalue weighted by Crippen LogP contribution is -1.97. The van der Waals surface area contributed by atoms with Crippen LogP contribution in [0, 0.1) is 11.8 Å². The molecular formula is C13H20. The zero-order valence-corrected chi connectivity index (χ0v) is 8.41. The Kier molecular flexibility index (Phi) is 3.23. The summed E-state index contributed by atoms with van der Waals surface area (Å²) < 4.78 is 0. The van der Waals surface area contributed by atoms with Crippen LogP contribution < -0.4 is 0 Å². The highest BCUT2D eigenvalue weighted by Gasteiger charge is 2.17. The van der Waals surface area contributed by atoms with Gasteiger partial charge in [0.25, 0.3) is 0 Å². The molecule has 2 rings (SSSR count). The molecule has 2 aliphatic rings. The fourth-order valence-corrected chi connectivity index (χ4v) is 2.52. The molecule has 0 heterocycles. The van der Waals surface area contributed by atoms with E-state index in [2.05, 4.69) is 24.3 Å². The van der Waals surface area contributed by atoms with E-state index in [1.807, 2.05) is 0 Å². The molecule has 0 heteroatoms. The van der Waals surface area contributed by atoms with Crippen LogP contribution >= 0.6 is 0 Å². The Balaban J connectivity index is 1.89. The monoisotopic (exact) mass is 176 g/mol. The summed E-state index contributed by atoms with van der Waals surface area (Å²) in [5.41, 5.74) is 0. The summed E-state index contributed by atoms with van der Waals surface area (Å²) in [5.74, 6) is 1.83. The summed E-state index contributed by atoms with van der Waals surface area (Å²) in [4.78, 5) is 0. The van der Waals surface area contributed by atoms with Gasteiger partial charge in [-0.3, -0.25) is 0 Å². The first kappa shape index (κ1) is 9.05. The van der Waals surface area contributed by atoms with E-state index in [0.717, 1.165) is 11.8 Å². The Hall–Kier alpha value is -0.520. The van der Waals surface area contributed by atoms with Gasteiger partial charge in [-0.05, 0) is 56.8 Å². The normalized spacial score (nSPS) is 34.5. The highest BCUT2D eigenvalue weighted by atomic mass is 14.2. The van der Waals surface area contributed by atoms with Gasteiger partial charge in [0, 0.05) is 0 Å². The Labute approximate surface area is 81.7 Å². The number of rotatable bonds is 0. The molecule has 0 spiro atoms. The maximum Gasteiger partial charge on any atom is -0.0228 e. The SMILES string of the molecule is C1=CCCCC2C=CC(CCC1)C2. The molecule has 0 nitrogen and oxygen atoms in total. The summed E-state index contributed by atoms with van der Waals surface area (Å²) >= 11 is 0. The van der Waals surface area contributed by atoms with E-state index in [-0.39, 0.29) is 0 Å². The van der Waals surface area contributed by atoms with E-state index < -0.39 is 0 Å². The van der Waals surface area contributed by atoms with Gasteiger partial charge in [0.1, 0.15) is 0 Å². The molecule has 0 amide bonds. The third-order valence-electron chi connectivity index (χ3n) is 3.32. The van der Waals surface area contributed by atoms with E-state index in [1.54, 1.807) is 0 Å². The predicted octanol–water partition coefficient (Wildman–Crippen LogP) is 4.09. The molecule has 0 aliphatic heterocycles. The van der Waals surface area contributed by atoms with Crippen LogP contribution in [0.15, 0.2) is 24.3 Å². The standard InChI is InChI=1S/C13H20/c1-2-4-6-8-13-10-9-12(11-13)7-5-3-1/h1-2,9-10,12-13H,3-8,11H2. The lowest BCUT2D eigenvalue weighted by molar-refractivity contribution is 0.460. The summed E-state index contributed by atoms with van der Waals surface area (Å²) in [6.45, 7) is 0. The highest BCUT2D eigenvalue weighted by molar-refractivity contribution is 5.02. The lowest BCUT2D eigenvalue weighted by Gasteiger charge is -2.10. The van der Waals surface area contributed by atoms with Crippen molar-refractivity contribution in [3.63, 3.8) is 0 Å². The molecule has 0 aromatic rings. The van der Waals surface area contributed by atoms with Crippen molar-refractivity contribution in [1.29, 1.82) is 0 Å². The maximum absolute atomic E-state index is 2.47. The van der Waals surface area contributed by atoms with Crippen molar-refractivity contribution in [1.82, 2.24) is 0 Å². The van der Waals surface area contributed by atoms with Crippen LogP contribution in [0.3, 0.4) is 0 Å². The molecule has 2 bridgehead atoms. The van der Waals surface area contributed by atoms with Gasteiger partial charge < -0.3 is 0 Å². The molecule has 0 radical (unpaired) electrons. The molecule has 0 aromatic carbocycles. The zero-order chi connectivity index (χ0) is 8.93. The third-order valence-corrected chi connectivity index (χ3v) is 3.32. The quantitative estimate of drug-likeness (QED) is 0.488. The van der Waals surface area contributed by atoms with Gasteiger partial charge in [0.15, 0.2) is 0 Å². The Bertz CT molecular complexity index is 180. The molecule has 0 aromatic heterocycles. The van der Waals surface area contributed by atoms with E-state index >= 15 is 0 Å². The van der Waals surface area contributed by atoms with Crippen molar-refractivity contribution in [2.24, 2.45) is 11.8 Å². The van der Waals surface area contributed by atoms with Crippen LogP contribution in [0.2, 0.25) is 0 Å². The minimum atomic E-state index is 0.913. The minimum absolute atomic E-state index is 0.913. The number of hydrogen-bond donors (Lipinski definition) is 0. The van der Waals surface area contributed by atoms with Crippen LogP contribution in [0.1, 0.15) is 44.9 Å². The smallest absolute Gasteiger partial charge is 0.0228 e. The second kappa shape index (κ2) is 4.64. The van der Waals surface area contributed by atoms with E-state index in [1.165, 1.54) is 44.9 Å². The van der Waals surface area contributed by atoms with Crippen molar-refractivity contribution < 1.29 is 0 Å². The van der Waals surface area contributed by atoms with Gasteiger partial charge in [0.2, 0.25) is 0 Å². The van der Waals surface area contributed by atoms with Gasteiger partial charge in [-0.25, -0.2) is 0 Å². The van der Waals surface area contributed by atoms with Crippen molar-refractivity contribution >= 4 is 0 Å². The molecule has 0 N–H and O–H groups in total. The molecule has 13 heavy (non-hydrogen) atoms. The summed E-state index contributed by atoms with van der Waals surface area (Å²) in [6, 6.07) is 0. The molecule has 2 unspecified atom stereocenters. The summed E-state index contributed by atoms with van der Waals surface area (Å²) in [6.07, 6.45) is 19.3. The second-order valence-electron chi connectivity index (χ2n) is 4.47. The molecule has 2 aliphatic carbocycles. The van der Waals surface area contributed by atoms with Gasteiger partial charge >= 0.3 is 0 Å². The lowest BCUT2D eigenvalue weighted by atomic mass is 9.95. The number of fused-ring (bicyclic) bond motifs is 2. The Morgan fingerprint density at radius 2 is 1.31 bits per heavy atom. The average Bonchev–Trinajstić information content (AvgIpc) is 2.52. The first-order valence-electron chi connectivity index (χ1n) is 5.78. The predicted molar refractivity (Wildman–Crippen MR) is 57.6 cm³/mol. The van der Waals surface area contributed by atoms with Crippen LogP contribution in [0.25, 0.3) is 0 Å². The van der Waals surface area contributed by atoms with Crippen LogP contribution in [-0.2, 0) is 0 Å². The average molecular weight is 176 g/mol. The van der Waals surface area contributed by atoms with Crippen LogP contribution in [0.5, 0.6) is 0 Å². The van der Waals surface area contributed by atoms with Crippen molar-refractivity contribution in [3.8, 4) is 0 Å². The van der Waals surface area contributed by atoms with Crippen LogP contribution in [0.4, 0.5) is 0 Å². The number of allylic oxidation sites excluding steroid dienone is 4. The van der Waals surface area contributed by atoms with Crippen molar-refractivity contribution in [3.05, 3.63) is 24.3 Å². The summed E-state index contributed by atoms with van der Waals surface area (Å²) in [5, 5.41) is 0.